The van der Waals surface area contributed by atoms with Crippen LogP contribution in [-0.4, -0.2) is 115 Å². The average molecular weight is 710 g/mol. The van der Waals surface area contributed by atoms with Crippen molar-refractivity contribution < 1.29 is 33.4 Å². The highest BCUT2D eigenvalue weighted by atomic mass is 35.5. The van der Waals surface area contributed by atoms with Crippen LogP contribution in [0.3, 0.4) is 0 Å². The minimum Gasteiger partial charge on any atom is -0.479 e. The molecule has 0 radical (unpaired) electrons. The van der Waals surface area contributed by atoms with Crippen LogP contribution in [-0.2, 0) is 19.1 Å². The lowest BCUT2D eigenvalue weighted by Gasteiger charge is -2.38. The van der Waals surface area contributed by atoms with E-state index in [2.05, 4.69) is 15.2 Å². The van der Waals surface area contributed by atoms with Crippen molar-refractivity contribution in [3.63, 3.8) is 0 Å². The van der Waals surface area contributed by atoms with Crippen molar-refractivity contribution in [1.82, 2.24) is 20.1 Å². The molecule has 0 aliphatic carbocycles. The monoisotopic (exact) mass is 709 g/mol. The van der Waals surface area contributed by atoms with Crippen molar-refractivity contribution in [3.05, 3.63) is 86.7 Å². The van der Waals surface area contributed by atoms with Crippen LogP contribution < -0.4 is 15.1 Å². The summed E-state index contributed by atoms with van der Waals surface area (Å²) in [5.41, 5.74) is 2.91. The van der Waals surface area contributed by atoms with E-state index in [4.69, 9.17) is 26.1 Å². The summed E-state index contributed by atoms with van der Waals surface area (Å²) in [7, 11) is 1.30. The number of esters is 1. The highest BCUT2D eigenvalue weighted by Gasteiger charge is 2.42. The van der Waals surface area contributed by atoms with Gasteiger partial charge in [-0.25, -0.2) is 23.8 Å². The van der Waals surface area contributed by atoms with Gasteiger partial charge in [0.1, 0.15) is 11.9 Å². The molecule has 2 amide bonds. The number of hydrogen-bond donors (Lipinski definition) is 2. The molecule has 13 nitrogen and oxygen atoms in total. The van der Waals surface area contributed by atoms with E-state index in [1.807, 2.05) is 39.4 Å². The van der Waals surface area contributed by atoms with Crippen LogP contribution in [0.2, 0.25) is 5.02 Å². The van der Waals surface area contributed by atoms with E-state index in [0.717, 1.165) is 11.4 Å². The molecule has 3 aromatic rings. The zero-order valence-electron chi connectivity index (χ0n) is 26.4. The van der Waals surface area contributed by atoms with Gasteiger partial charge in [-0.3, -0.25) is 14.8 Å². The molecule has 3 saturated heterocycles. The molecule has 0 spiro atoms. The maximum Gasteiger partial charge on any atom is 0.338 e. The maximum absolute atomic E-state index is 14.0. The van der Waals surface area contributed by atoms with Gasteiger partial charge in [0.05, 0.1) is 31.9 Å². The number of carbonyl (C=O) groups excluding carboxylic acids is 2. The maximum atomic E-state index is 14.0. The Morgan fingerprint density at radius 2 is 1.92 bits per heavy atom. The number of rotatable bonds is 8. The third-order valence-electron chi connectivity index (χ3n) is 9.11. The summed E-state index contributed by atoms with van der Waals surface area (Å²) in [4.78, 5) is 55.3. The Morgan fingerprint density at radius 3 is 2.63 bits per heavy atom. The number of nitrogens with zero attached hydrogens (tertiary/aromatic N) is 6. The Kier molecular flexibility index (Phi) is 9.24. The fraction of sp³-hybridized carbons (Fsp3) is 0.364. The Morgan fingerprint density at radius 1 is 1.12 bits per heavy atom. The van der Waals surface area contributed by atoms with Gasteiger partial charge in [0.25, 0.3) is 0 Å². The number of benzene rings is 2. The van der Waals surface area contributed by atoms with E-state index in [0.29, 0.717) is 68.0 Å². The Balaban J connectivity index is 1.10. The van der Waals surface area contributed by atoms with Gasteiger partial charge in [-0.05, 0) is 36.4 Å². The van der Waals surface area contributed by atoms with Crippen LogP contribution in [0.15, 0.2) is 70.3 Å². The van der Waals surface area contributed by atoms with Crippen molar-refractivity contribution in [2.24, 2.45) is 4.99 Å². The van der Waals surface area contributed by atoms with Gasteiger partial charge in [-0.2, -0.15) is 0 Å². The first-order chi connectivity index (χ1) is 23.7. The molecule has 256 valence electrons. The number of methoxy groups -OCH3 is 1. The van der Waals surface area contributed by atoms with Crippen molar-refractivity contribution in [2.45, 2.75) is 18.2 Å². The number of amides is 2. The van der Waals surface area contributed by atoms with Crippen molar-refractivity contribution >= 4 is 58.1 Å². The molecule has 1 aromatic heterocycles. The number of aliphatic imine (C=N–C) groups is 1. The Hall–Kier alpha value is -4.57. The summed E-state index contributed by atoms with van der Waals surface area (Å²) in [5.74, 6) is -1.62. The molecule has 5 heterocycles. The number of hydrogen-bond acceptors (Lipinski definition) is 11. The van der Waals surface area contributed by atoms with E-state index >= 15 is 0 Å². The average Bonchev–Trinajstić information content (AvgIpc) is 3.76. The number of carboxylic acids is 1. The number of piperazine rings is 1. The number of nitrogens with one attached hydrogen (secondary N) is 1. The summed E-state index contributed by atoms with van der Waals surface area (Å²) in [6.07, 6.45) is 0.782. The van der Waals surface area contributed by atoms with Gasteiger partial charge in [0.15, 0.2) is 16.9 Å². The summed E-state index contributed by atoms with van der Waals surface area (Å²) in [5, 5.41) is 15.3. The molecule has 4 aliphatic heterocycles. The molecule has 4 aliphatic rings. The van der Waals surface area contributed by atoms with Crippen LogP contribution in [0.25, 0.3) is 0 Å². The number of amidine groups is 1. The highest BCUT2D eigenvalue weighted by molar-refractivity contribution is 7.11. The fourth-order valence-electron chi connectivity index (χ4n) is 6.70. The minimum atomic E-state index is -0.989. The van der Waals surface area contributed by atoms with Crippen LogP contribution in [0.4, 0.5) is 20.6 Å². The molecule has 7 rings (SSSR count). The highest BCUT2D eigenvalue weighted by Crippen LogP contribution is 2.37. The van der Waals surface area contributed by atoms with Crippen molar-refractivity contribution in [3.8, 4) is 0 Å². The summed E-state index contributed by atoms with van der Waals surface area (Å²) in [6.45, 7) is 3.56. The molecule has 49 heavy (non-hydrogen) atoms. The number of aromatic nitrogens is 1. The lowest BCUT2D eigenvalue weighted by Crippen LogP contribution is -2.53. The summed E-state index contributed by atoms with van der Waals surface area (Å²) >= 11 is 7.88. The second-order valence-corrected chi connectivity index (χ2v) is 13.3. The van der Waals surface area contributed by atoms with Crippen LogP contribution in [0.5, 0.6) is 0 Å². The summed E-state index contributed by atoms with van der Waals surface area (Å²) in [6, 6.07) is 10.5. The van der Waals surface area contributed by atoms with Gasteiger partial charge in [0.2, 0.25) is 0 Å². The van der Waals surface area contributed by atoms with Crippen molar-refractivity contribution in [2.75, 3.05) is 69.3 Å². The normalized spacial score (nSPS) is 22.9. The first-order valence-corrected chi connectivity index (χ1v) is 17.0. The van der Waals surface area contributed by atoms with Crippen molar-refractivity contribution in [1.29, 1.82) is 0 Å². The van der Waals surface area contributed by atoms with E-state index in [-0.39, 0.29) is 29.2 Å². The zero-order valence-corrected chi connectivity index (χ0v) is 28.0. The minimum absolute atomic E-state index is 0.0795. The first-order valence-electron chi connectivity index (χ1n) is 15.7. The summed E-state index contributed by atoms with van der Waals surface area (Å²) < 4.78 is 24.6. The lowest BCUT2D eigenvalue weighted by atomic mass is 9.95. The van der Waals surface area contributed by atoms with Gasteiger partial charge in [-0.15, -0.1) is 11.3 Å². The number of halogens is 2. The third-order valence-corrected chi connectivity index (χ3v) is 10.2. The molecule has 3 atom stereocenters. The van der Waals surface area contributed by atoms with Crippen LogP contribution >= 0.6 is 22.9 Å². The number of morpholine rings is 1. The number of fused-ring (bicyclic) bond motifs is 1. The molecular formula is C33H33ClFN7O6S. The molecule has 16 heteroatoms. The predicted molar refractivity (Wildman–Crippen MR) is 181 cm³/mol. The molecular weight excluding hydrogens is 677 g/mol. The van der Waals surface area contributed by atoms with E-state index < -0.39 is 29.9 Å². The van der Waals surface area contributed by atoms with Crippen LogP contribution in [0.1, 0.15) is 16.6 Å². The molecule has 0 saturated carbocycles. The van der Waals surface area contributed by atoms with Gasteiger partial charge >= 0.3 is 18.0 Å². The van der Waals surface area contributed by atoms with Gasteiger partial charge in [0, 0.05) is 78.5 Å². The number of thiazole rings is 1. The standard InChI is InChI=1S/C33H33ClFN7O6S/c1-47-32(45)27-25(37-29(30-36-8-13-49-30)38-28(27)23-7-2-19(35)14-24(23)34)17-39-9-10-41-22(15-39)16-42(33(41)46)21-5-3-20(4-6-21)40-11-12-48-26(18-40)31(43)44/h2-8,13-14,22,26,28H,9-12,15-18H2,1H3,(H,37,38)(H,43,44)/t22-,26?,28-/m0/s1. The fourth-order valence-corrected chi connectivity index (χ4v) is 7.56. The first kappa shape index (κ1) is 33.0. The van der Waals surface area contributed by atoms with E-state index in [9.17, 15) is 23.9 Å². The van der Waals surface area contributed by atoms with Gasteiger partial charge in [-0.1, -0.05) is 17.7 Å². The molecule has 1 unspecified atom stereocenters. The predicted octanol–water partition coefficient (Wildman–Crippen LogP) is 3.37. The lowest BCUT2D eigenvalue weighted by molar-refractivity contribution is -0.150. The Labute approximate surface area is 290 Å². The van der Waals surface area contributed by atoms with E-state index in [1.165, 1.54) is 36.6 Å². The number of anilines is 2. The largest absolute Gasteiger partial charge is 0.479 e. The molecule has 2 N–H and O–H groups in total. The zero-order chi connectivity index (χ0) is 34.2. The number of aliphatic carboxylic acids is 1. The molecule has 0 bridgehead atoms. The van der Waals surface area contributed by atoms with Gasteiger partial charge < -0.3 is 29.7 Å². The topological polar surface area (TPSA) is 140 Å². The number of ether oxygens (including phenoxy) is 2. The second-order valence-electron chi connectivity index (χ2n) is 12.0. The SMILES string of the molecule is COC(=O)C1=C(CN2CCN3C(=O)N(c4ccc(N5CCOC(C(=O)O)C5)cc4)C[C@@H]3C2)NC(c2nccs2)=N[C@H]1c1ccc(F)cc1Cl. The quantitative estimate of drug-likeness (QED) is 0.335. The van der Waals surface area contributed by atoms with Crippen LogP contribution in [0, 0.1) is 5.82 Å². The smallest absolute Gasteiger partial charge is 0.338 e. The Bertz CT molecular complexity index is 1820. The molecule has 3 fully saturated rings. The number of urea groups is 1. The number of carboxylic acid groups (broad SMARTS) is 1. The number of carbonyl (C=O) groups is 3. The third kappa shape index (κ3) is 6.58. The second kappa shape index (κ2) is 13.7. The molecule has 2 aromatic carbocycles. The van der Waals surface area contributed by atoms with E-state index in [1.54, 1.807) is 11.1 Å².